The van der Waals surface area contributed by atoms with Crippen molar-refractivity contribution >= 4 is 17.4 Å². The molecule has 2 aromatic rings. The number of aromatic nitrogens is 4. The van der Waals surface area contributed by atoms with E-state index in [-0.39, 0.29) is 5.92 Å². The zero-order chi connectivity index (χ0) is 14.9. The molecule has 0 amide bonds. The van der Waals surface area contributed by atoms with Gasteiger partial charge in [-0.05, 0) is 6.92 Å². The predicted molar refractivity (Wildman–Crippen MR) is 81.2 cm³/mol. The molecular formula is C14H20ClN5. The van der Waals surface area contributed by atoms with Gasteiger partial charge in [-0.15, -0.1) is 0 Å². The number of anilines is 1. The third-order valence-corrected chi connectivity index (χ3v) is 3.62. The molecule has 6 heteroatoms. The van der Waals surface area contributed by atoms with Crippen molar-refractivity contribution in [3.63, 3.8) is 0 Å². The highest BCUT2D eigenvalue weighted by atomic mass is 35.5. The third-order valence-electron chi connectivity index (χ3n) is 3.26. The molecule has 0 saturated carbocycles. The van der Waals surface area contributed by atoms with Crippen LogP contribution in [0.15, 0.2) is 12.4 Å². The zero-order valence-electron chi connectivity index (χ0n) is 12.6. The van der Waals surface area contributed by atoms with E-state index < -0.39 is 0 Å². The number of hydrogen-bond donors (Lipinski definition) is 0. The molecule has 0 bridgehead atoms. The quantitative estimate of drug-likeness (QED) is 0.813. The van der Waals surface area contributed by atoms with Gasteiger partial charge in [0.2, 0.25) is 0 Å². The van der Waals surface area contributed by atoms with Crippen molar-refractivity contribution < 1.29 is 0 Å². The van der Waals surface area contributed by atoms with Crippen LogP contribution in [0, 0.1) is 6.92 Å². The molecule has 0 aliphatic heterocycles. The van der Waals surface area contributed by atoms with Crippen molar-refractivity contribution in [3.8, 4) is 0 Å². The average molecular weight is 294 g/mol. The van der Waals surface area contributed by atoms with Crippen LogP contribution in [0.3, 0.4) is 0 Å². The standard InChI is InChI=1S/C14H20ClN5/c1-9(2)13-17-12(15)10(3)14(18-13)20(5)8-11-16-6-7-19(11)4/h6-7,9H,8H2,1-5H3. The minimum absolute atomic E-state index is 0.244. The molecule has 2 heterocycles. The first-order chi connectivity index (χ1) is 9.40. The number of rotatable bonds is 4. The van der Waals surface area contributed by atoms with Gasteiger partial charge in [0.15, 0.2) is 0 Å². The maximum Gasteiger partial charge on any atom is 0.137 e. The van der Waals surface area contributed by atoms with E-state index in [9.17, 15) is 0 Å². The second-order valence-corrected chi connectivity index (χ2v) is 5.64. The number of hydrogen-bond acceptors (Lipinski definition) is 4. The highest BCUT2D eigenvalue weighted by Crippen LogP contribution is 2.25. The average Bonchev–Trinajstić information content (AvgIpc) is 2.77. The zero-order valence-corrected chi connectivity index (χ0v) is 13.3. The van der Waals surface area contributed by atoms with Gasteiger partial charge in [-0.3, -0.25) is 0 Å². The Kier molecular flexibility index (Phi) is 4.28. The summed E-state index contributed by atoms with van der Waals surface area (Å²) < 4.78 is 2.00. The molecule has 20 heavy (non-hydrogen) atoms. The van der Waals surface area contributed by atoms with Gasteiger partial charge in [0.05, 0.1) is 6.54 Å². The van der Waals surface area contributed by atoms with Crippen LogP contribution in [-0.4, -0.2) is 26.6 Å². The molecule has 0 fully saturated rings. The van der Waals surface area contributed by atoms with Crippen molar-refractivity contribution in [1.82, 2.24) is 19.5 Å². The molecule has 0 radical (unpaired) electrons. The van der Waals surface area contributed by atoms with Crippen LogP contribution in [0.2, 0.25) is 5.15 Å². The molecule has 0 aromatic carbocycles. The fourth-order valence-corrected chi connectivity index (χ4v) is 2.13. The summed E-state index contributed by atoms with van der Waals surface area (Å²) in [6, 6.07) is 0. The van der Waals surface area contributed by atoms with E-state index in [4.69, 9.17) is 11.6 Å². The molecule has 0 aliphatic rings. The van der Waals surface area contributed by atoms with E-state index in [1.54, 1.807) is 6.20 Å². The predicted octanol–water partition coefficient (Wildman–Crippen LogP) is 2.93. The summed E-state index contributed by atoms with van der Waals surface area (Å²) in [5.74, 6) is 2.85. The van der Waals surface area contributed by atoms with Crippen LogP contribution in [0.1, 0.15) is 37.0 Å². The van der Waals surface area contributed by atoms with E-state index >= 15 is 0 Å². The third kappa shape index (κ3) is 2.93. The molecule has 2 aromatic heterocycles. The Labute approximate surface area is 124 Å². The van der Waals surface area contributed by atoms with Crippen LogP contribution in [0.4, 0.5) is 5.82 Å². The Hall–Kier alpha value is -1.62. The van der Waals surface area contributed by atoms with Crippen molar-refractivity contribution in [2.75, 3.05) is 11.9 Å². The van der Waals surface area contributed by atoms with E-state index in [2.05, 4.69) is 33.7 Å². The summed E-state index contributed by atoms with van der Waals surface area (Å²) in [7, 11) is 3.97. The summed E-state index contributed by atoms with van der Waals surface area (Å²) in [5, 5.41) is 0.519. The van der Waals surface area contributed by atoms with Gasteiger partial charge in [0.25, 0.3) is 0 Å². The molecule has 0 unspecified atom stereocenters. The van der Waals surface area contributed by atoms with Gasteiger partial charge in [-0.2, -0.15) is 0 Å². The lowest BCUT2D eigenvalue weighted by Gasteiger charge is -2.21. The van der Waals surface area contributed by atoms with Gasteiger partial charge in [0, 0.05) is 38.0 Å². The van der Waals surface area contributed by atoms with Crippen molar-refractivity contribution in [2.24, 2.45) is 7.05 Å². The molecule has 0 aliphatic carbocycles. The van der Waals surface area contributed by atoms with Crippen LogP contribution in [-0.2, 0) is 13.6 Å². The minimum atomic E-state index is 0.244. The molecule has 5 nitrogen and oxygen atoms in total. The van der Waals surface area contributed by atoms with E-state index in [0.717, 1.165) is 23.0 Å². The molecule has 0 spiro atoms. The largest absolute Gasteiger partial charge is 0.352 e. The maximum absolute atomic E-state index is 6.22. The second kappa shape index (κ2) is 5.79. The Morgan fingerprint density at radius 3 is 2.60 bits per heavy atom. The Balaban J connectivity index is 2.33. The summed E-state index contributed by atoms with van der Waals surface area (Å²) >= 11 is 6.22. The summed E-state index contributed by atoms with van der Waals surface area (Å²) in [4.78, 5) is 15.4. The Morgan fingerprint density at radius 2 is 2.05 bits per heavy atom. The molecular weight excluding hydrogens is 274 g/mol. The minimum Gasteiger partial charge on any atom is -0.352 e. The number of halogens is 1. The Bertz CT molecular complexity index is 606. The first-order valence-corrected chi connectivity index (χ1v) is 6.99. The van der Waals surface area contributed by atoms with Crippen molar-refractivity contribution in [2.45, 2.75) is 33.2 Å². The van der Waals surface area contributed by atoms with E-state index in [1.807, 2.05) is 31.8 Å². The van der Waals surface area contributed by atoms with Gasteiger partial charge >= 0.3 is 0 Å². The molecule has 0 N–H and O–H groups in total. The SMILES string of the molecule is Cc1c(Cl)nc(C(C)C)nc1N(C)Cc1nccn1C. The number of nitrogens with zero attached hydrogens (tertiary/aromatic N) is 5. The lowest BCUT2D eigenvalue weighted by atomic mass is 10.2. The lowest BCUT2D eigenvalue weighted by Crippen LogP contribution is -2.22. The van der Waals surface area contributed by atoms with Crippen molar-refractivity contribution in [3.05, 3.63) is 34.8 Å². The van der Waals surface area contributed by atoms with E-state index in [1.165, 1.54) is 0 Å². The van der Waals surface area contributed by atoms with Crippen LogP contribution >= 0.6 is 11.6 Å². The molecule has 108 valence electrons. The van der Waals surface area contributed by atoms with Crippen molar-refractivity contribution in [1.29, 1.82) is 0 Å². The first kappa shape index (κ1) is 14.8. The normalized spacial score (nSPS) is 11.2. The van der Waals surface area contributed by atoms with Gasteiger partial charge in [0.1, 0.15) is 22.6 Å². The highest BCUT2D eigenvalue weighted by Gasteiger charge is 2.16. The monoisotopic (exact) mass is 293 g/mol. The number of aryl methyl sites for hydroxylation is 1. The fraction of sp³-hybridized carbons (Fsp3) is 0.500. The molecule has 2 rings (SSSR count). The highest BCUT2D eigenvalue weighted by molar-refractivity contribution is 6.30. The lowest BCUT2D eigenvalue weighted by molar-refractivity contribution is 0.731. The molecule has 0 saturated heterocycles. The second-order valence-electron chi connectivity index (χ2n) is 5.29. The molecule has 0 atom stereocenters. The van der Waals surface area contributed by atoms with Gasteiger partial charge in [-0.1, -0.05) is 25.4 Å². The fourth-order valence-electron chi connectivity index (χ4n) is 1.96. The number of imidazole rings is 1. The van der Waals surface area contributed by atoms with Gasteiger partial charge in [-0.25, -0.2) is 15.0 Å². The summed E-state index contributed by atoms with van der Waals surface area (Å²) in [5.41, 5.74) is 0.896. The van der Waals surface area contributed by atoms with E-state index in [0.29, 0.717) is 11.7 Å². The first-order valence-electron chi connectivity index (χ1n) is 6.61. The van der Waals surface area contributed by atoms with Gasteiger partial charge < -0.3 is 9.47 Å². The van der Waals surface area contributed by atoms with Crippen LogP contribution < -0.4 is 4.90 Å². The topological polar surface area (TPSA) is 46.8 Å². The Morgan fingerprint density at radius 1 is 1.35 bits per heavy atom. The van der Waals surface area contributed by atoms with Crippen LogP contribution in [0.25, 0.3) is 0 Å². The smallest absolute Gasteiger partial charge is 0.137 e. The van der Waals surface area contributed by atoms with Crippen LogP contribution in [0.5, 0.6) is 0 Å². The summed E-state index contributed by atoms with van der Waals surface area (Å²) in [6.07, 6.45) is 3.73. The summed E-state index contributed by atoms with van der Waals surface area (Å²) in [6.45, 7) is 6.74. The maximum atomic E-state index is 6.22.